The fourth-order valence-corrected chi connectivity index (χ4v) is 0. The van der Waals surface area contributed by atoms with Crippen molar-refractivity contribution in [3.63, 3.8) is 0 Å². The summed E-state index contributed by atoms with van der Waals surface area (Å²) >= 11 is 0. The van der Waals surface area contributed by atoms with Crippen LogP contribution >= 0.6 is 0 Å². The quantitative estimate of drug-likeness (QED) is 0.589. The first-order valence-corrected chi connectivity index (χ1v) is 1.22. The van der Waals surface area contributed by atoms with Crippen LogP contribution in [0.15, 0.2) is 0 Å². The summed E-state index contributed by atoms with van der Waals surface area (Å²) in [7, 11) is 0. The summed E-state index contributed by atoms with van der Waals surface area (Å²) in [5, 5.41) is 7.75. The molecule has 3 N–H and O–H groups in total. The molecule has 0 atom stereocenters. The summed E-state index contributed by atoms with van der Waals surface area (Å²) in [6.07, 6.45) is 0. The van der Waals surface area contributed by atoms with Crippen molar-refractivity contribution in [1.29, 1.82) is 0 Å². The molecule has 0 unspecified atom stereocenters. The predicted molar refractivity (Wildman–Crippen MR) is 16.1 cm³/mol. The molecule has 0 aliphatic carbocycles. The van der Waals surface area contributed by atoms with Crippen LogP contribution in [0.25, 0.3) is 0 Å². The average molecular weight is 258 g/mol. The fraction of sp³-hybridized carbons (Fsp3) is 1.00. The Labute approximate surface area is 46.9 Å². The van der Waals surface area contributed by atoms with E-state index in [1.165, 1.54) is 0 Å². The van der Waals surface area contributed by atoms with Gasteiger partial charge in [-0.3, -0.25) is 0 Å². The Kier molecular flexibility index (Phi) is 16.2. The van der Waals surface area contributed by atoms with Crippen LogP contribution in [-0.4, -0.2) is 18.3 Å². The van der Waals surface area contributed by atoms with Gasteiger partial charge in [-0.05, 0) is 0 Å². The van der Waals surface area contributed by atoms with Crippen molar-refractivity contribution in [2.24, 2.45) is 5.73 Å². The molecule has 0 bridgehead atoms. The van der Waals surface area contributed by atoms with Crippen LogP contribution in [0.2, 0.25) is 0 Å². The number of hydrogen-bond donors (Lipinski definition) is 2. The van der Waals surface area contributed by atoms with E-state index in [0.717, 1.165) is 0 Å². The van der Waals surface area contributed by atoms with Crippen LogP contribution < -0.4 is 5.73 Å². The third-order valence-electron chi connectivity index (χ3n) is 0.129. The Morgan fingerprint density at radius 2 is 1.80 bits per heavy atom. The van der Waals surface area contributed by atoms with E-state index in [4.69, 9.17) is 10.8 Å². The number of rotatable bonds is 1. The maximum absolute atomic E-state index is 7.75. The van der Waals surface area contributed by atoms with Gasteiger partial charge >= 0.3 is 0 Å². The topological polar surface area (TPSA) is 46.2 Å². The standard InChI is InChI=1S/C2H7NO.Au/c3-1-2-4;/h4H,1-3H2;. The Bertz CT molecular complexity index is 11.6. The van der Waals surface area contributed by atoms with Crippen molar-refractivity contribution in [2.45, 2.75) is 0 Å². The normalized spacial score (nSPS) is 6.00. The smallest absolute Gasteiger partial charge is 0.0553 e. The summed E-state index contributed by atoms with van der Waals surface area (Å²) in [5.74, 6) is 0. The van der Waals surface area contributed by atoms with E-state index in [0.29, 0.717) is 6.54 Å². The SMILES string of the molecule is NCCO.[Au]. The number of hydrogen-bond acceptors (Lipinski definition) is 2. The molecule has 0 saturated heterocycles. The van der Waals surface area contributed by atoms with E-state index in [2.05, 4.69) is 0 Å². The molecule has 3 heteroatoms. The molecule has 0 amide bonds. The molecule has 2 nitrogen and oxygen atoms in total. The van der Waals surface area contributed by atoms with E-state index < -0.39 is 0 Å². The molecular weight excluding hydrogens is 251 g/mol. The maximum atomic E-state index is 7.75. The van der Waals surface area contributed by atoms with Gasteiger partial charge in [-0.1, -0.05) is 0 Å². The molecule has 0 rings (SSSR count). The Morgan fingerprint density at radius 3 is 1.80 bits per heavy atom. The summed E-state index contributed by atoms with van der Waals surface area (Å²) in [6.45, 7) is 0.472. The molecule has 37 valence electrons. The molecule has 5 heavy (non-hydrogen) atoms. The molecule has 1 radical (unpaired) electrons. The number of aliphatic hydroxyl groups excluding tert-OH is 1. The van der Waals surface area contributed by atoms with Gasteiger partial charge in [0, 0.05) is 28.9 Å². The zero-order chi connectivity index (χ0) is 3.41. The average Bonchev–Trinajstić information content (AvgIpc) is 1.37. The van der Waals surface area contributed by atoms with Gasteiger partial charge in [0.2, 0.25) is 0 Å². The first kappa shape index (κ1) is 9.18. The summed E-state index contributed by atoms with van der Waals surface area (Å²) < 4.78 is 0. The fourth-order valence-electron chi connectivity index (χ4n) is 0. The minimum Gasteiger partial charge on any atom is -0.395 e. The predicted octanol–water partition coefficient (Wildman–Crippen LogP) is -1.07. The second-order valence-corrected chi connectivity index (χ2v) is 0.512. The molecule has 0 fully saturated rings. The van der Waals surface area contributed by atoms with Gasteiger partial charge in [0.05, 0.1) is 6.61 Å². The Balaban J connectivity index is 0. The van der Waals surface area contributed by atoms with Gasteiger partial charge in [-0.15, -0.1) is 0 Å². The Morgan fingerprint density at radius 1 is 1.60 bits per heavy atom. The molecule has 0 aromatic carbocycles. The molecule has 0 aliphatic heterocycles. The van der Waals surface area contributed by atoms with Crippen molar-refractivity contribution in [1.82, 2.24) is 0 Å². The van der Waals surface area contributed by atoms with Crippen LogP contribution in [0.3, 0.4) is 0 Å². The summed E-state index contributed by atoms with van der Waals surface area (Å²) in [4.78, 5) is 0. The first-order chi connectivity index (χ1) is 1.91. The van der Waals surface area contributed by atoms with Gasteiger partial charge in [0.15, 0.2) is 0 Å². The molecular formula is C2H7AuNO. The molecule has 0 aliphatic rings. The second kappa shape index (κ2) is 8.82. The van der Waals surface area contributed by atoms with Crippen molar-refractivity contribution >= 4 is 0 Å². The van der Waals surface area contributed by atoms with Gasteiger partial charge in [0.1, 0.15) is 0 Å². The number of aliphatic hydroxyl groups is 1. The van der Waals surface area contributed by atoms with E-state index in [-0.39, 0.29) is 29.0 Å². The molecule has 0 aromatic heterocycles. The molecule has 0 spiro atoms. The van der Waals surface area contributed by atoms with Gasteiger partial charge in [0.25, 0.3) is 0 Å². The van der Waals surface area contributed by atoms with Crippen LogP contribution in [-0.2, 0) is 22.4 Å². The minimum atomic E-state index is 0. The van der Waals surface area contributed by atoms with Crippen molar-refractivity contribution < 1.29 is 27.5 Å². The van der Waals surface area contributed by atoms with Crippen LogP contribution in [0, 0.1) is 0 Å². The van der Waals surface area contributed by atoms with Crippen LogP contribution in [0.5, 0.6) is 0 Å². The third kappa shape index (κ3) is 12.0. The van der Waals surface area contributed by atoms with Crippen molar-refractivity contribution in [3.05, 3.63) is 0 Å². The van der Waals surface area contributed by atoms with Gasteiger partial charge in [-0.2, -0.15) is 0 Å². The minimum absolute atomic E-state index is 0. The monoisotopic (exact) mass is 258 g/mol. The van der Waals surface area contributed by atoms with Crippen LogP contribution in [0.1, 0.15) is 0 Å². The van der Waals surface area contributed by atoms with E-state index in [1.54, 1.807) is 0 Å². The molecule has 0 aromatic rings. The van der Waals surface area contributed by atoms with E-state index >= 15 is 0 Å². The van der Waals surface area contributed by atoms with Crippen molar-refractivity contribution in [2.75, 3.05) is 13.2 Å². The first-order valence-electron chi connectivity index (χ1n) is 1.22. The number of nitrogens with two attached hydrogens (primary N) is 1. The largest absolute Gasteiger partial charge is 0.395 e. The zero-order valence-electron chi connectivity index (χ0n) is 2.74. The second-order valence-electron chi connectivity index (χ2n) is 0.512. The van der Waals surface area contributed by atoms with Gasteiger partial charge in [-0.25, -0.2) is 0 Å². The summed E-state index contributed by atoms with van der Waals surface area (Å²) in [5.41, 5.74) is 4.78. The molecule has 0 heterocycles. The van der Waals surface area contributed by atoms with Crippen LogP contribution in [0.4, 0.5) is 0 Å². The molecule has 0 saturated carbocycles. The maximum Gasteiger partial charge on any atom is 0.0553 e. The zero-order valence-corrected chi connectivity index (χ0v) is 4.91. The Hall–Kier alpha value is 0.660. The van der Waals surface area contributed by atoms with E-state index in [1.807, 2.05) is 0 Å². The third-order valence-corrected chi connectivity index (χ3v) is 0.129. The summed E-state index contributed by atoms with van der Waals surface area (Å²) in [6, 6.07) is 0. The van der Waals surface area contributed by atoms with Gasteiger partial charge < -0.3 is 10.8 Å². The van der Waals surface area contributed by atoms with E-state index in [9.17, 15) is 0 Å². The van der Waals surface area contributed by atoms with Crippen molar-refractivity contribution in [3.8, 4) is 0 Å².